The maximum atomic E-state index is 10.0. The third-order valence-electron chi connectivity index (χ3n) is 3.21. The highest BCUT2D eigenvalue weighted by Crippen LogP contribution is 2.29. The van der Waals surface area contributed by atoms with Crippen LogP contribution in [0.3, 0.4) is 0 Å². The molecule has 2 aromatic carbocycles. The fourth-order valence-electron chi connectivity index (χ4n) is 2.17. The van der Waals surface area contributed by atoms with Gasteiger partial charge in [0.2, 0.25) is 0 Å². The molecule has 0 heterocycles. The molecule has 0 aliphatic rings. The van der Waals surface area contributed by atoms with E-state index in [1.165, 1.54) is 5.56 Å². The Morgan fingerprint density at radius 1 is 1.10 bits per heavy atom. The Labute approximate surface area is 136 Å². The van der Waals surface area contributed by atoms with Crippen LogP contribution in [0.4, 0.5) is 0 Å². The van der Waals surface area contributed by atoms with Crippen molar-refractivity contribution in [3.05, 3.63) is 62.5 Å². The molecule has 1 unspecified atom stereocenters. The fraction of sp³-hybridized carbons (Fsp3) is 0.250. The van der Waals surface area contributed by atoms with Crippen molar-refractivity contribution in [2.24, 2.45) is 0 Å². The molecule has 0 saturated heterocycles. The van der Waals surface area contributed by atoms with Crippen LogP contribution in [0, 0.1) is 0 Å². The van der Waals surface area contributed by atoms with E-state index in [9.17, 15) is 5.11 Å². The molecule has 2 aromatic rings. The summed E-state index contributed by atoms with van der Waals surface area (Å²) in [5.41, 5.74) is 2.14. The second kappa shape index (κ2) is 7.25. The van der Waals surface area contributed by atoms with Gasteiger partial charge in [0, 0.05) is 27.1 Å². The third kappa shape index (κ3) is 4.08. The molecule has 2 N–H and O–H groups in total. The van der Waals surface area contributed by atoms with Crippen molar-refractivity contribution in [2.45, 2.75) is 25.9 Å². The Kier molecular flexibility index (Phi) is 5.64. The van der Waals surface area contributed by atoms with E-state index < -0.39 is 0 Å². The van der Waals surface area contributed by atoms with Crippen molar-refractivity contribution in [3.8, 4) is 5.75 Å². The van der Waals surface area contributed by atoms with Gasteiger partial charge in [-0.1, -0.05) is 50.9 Å². The van der Waals surface area contributed by atoms with E-state index in [1.54, 1.807) is 6.07 Å². The summed E-state index contributed by atoms with van der Waals surface area (Å²) in [6, 6.07) is 13.9. The zero-order valence-electron chi connectivity index (χ0n) is 11.2. The lowest BCUT2D eigenvalue weighted by Gasteiger charge is -2.19. The van der Waals surface area contributed by atoms with Gasteiger partial charge in [0.05, 0.1) is 0 Å². The molecule has 0 saturated carbocycles. The van der Waals surface area contributed by atoms with Crippen LogP contribution in [0.25, 0.3) is 0 Å². The number of nitrogens with one attached hydrogen (secondary N) is 1. The van der Waals surface area contributed by atoms with E-state index in [0.717, 1.165) is 27.5 Å². The van der Waals surface area contributed by atoms with E-state index in [0.29, 0.717) is 5.75 Å². The highest BCUT2D eigenvalue weighted by molar-refractivity contribution is 9.10. The first kappa shape index (κ1) is 15.5. The van der Waals surface area contributed by atoms with Crippen LogP contribution in [0.1, 0.15) is 30.5 Å². The summed E-state index contributed by atoms with van der Waals surface area (Å²) in [4.78, 5) is 0. The molecule has 1 atom stereocenters. The number of phenols is 1. The Bertz CT molecular complexity index is 586. The lowest BCUT2D eigenvalue weighted by atomic mass is 10.0. The maximum absolute atomic E-state index is 10.0. The van der Waals surface area contributed by atoms with Gasteiger partial charge in [0.25, 0.3) is 0 Å². The van der Waals surface area contributed by atoms with E-state index in [1.807, 2.05) is 24.3 Å². The largest absolute Gasteiger partial charge is 0.508 e. The van der Waals surface area contributed by atoms with Crippen LogP contribution in [0.5, 0.6) is 5.75 Å². The SMILES string of the molecule is CCC(NCc1cccc(Br)c1)c1cc(Br)ccc1O. The zero-order valence-corrected chi connectivity index (χ0v) is 14.4. The molecular formula is C16H17Br2NO. The number of hydrogen-bond acceptors (Lipinski definition) is 2. The van der Waals surface area contributed by atoms with Gasteiger partial charge in [-0.25, -0.2) is 0 Å². The summed E-state index contributed by atoms with van der Waals surface area (Å²) >= 11 is 6.93. The fourth-order valence-corrected chi connectivity index (χ4v) is 2.99. The second-order valence-electron chi connectivity index (χ2n) is 4.67. The molecule has 2 rings (SSSR count). The van der Waals surface area contributed by atoms with E-state index in [4.69, 9.17) is 0 Å². The van der Waals surface area contributed by atoms with Gasteiger partial charge >= 0.3 is 0 Å². The first-order valence-corrected chi connectivity index (χ1v) is 8.15. The monoisotopic (exact) mass is 397 g/mol. The Morgan fingerprint density at radius 2 is 1.85 bits per heavy atom. The van der Waals surface area contributed by atoms with Crippen molar-refractivity contribution in [2.75, 3.05) is 0 Å². The molecule has 106 valence electrons. The molecule has 20 heavy (non-hydrogen) atoms. The Hall–Kier alpha value is -0.840. The average Bonchev–Trinajstić information content (AvgIpc) is 2.43. The molecule has 0 radical (unpaired) electrons. The molecule has 0 aromatic heterocycles. The van der Waals surface area contributed by atoms with Gasteiger partial charge in [-0.15, -0.1) is 0 Å². The number of halogens is 2. The van der Waals surface area contributed by atoms with Crippen molar-refractivity contribution in [3.63, 3.8) is 0 Å². The molecule has 0 amide bonds. The number of aromatic hydroxyl groups is 1. The smallest absolute Gasteiger partial charge is 0.120 e. The summed E-state index contributed by atoms with van der Waals surface area (Å²) < 4.78 is 2.06. The van der Waals surface area contributed by atoms with Crippen molar-refractivity contribution in [1.29, 1.82) is 0 Å². The summed E-state index contributed by atoms with van der Waals surface area (Å²) in [5, 5.41) is 13.5. The molecule has 2 nitrogen and oxygen atoms in total. The van der Waals surface area contributed by atoms with Crippen LogP contribution in [0.15, 0.2) is 51.4 Å². The van der Waals surface area contributed by atoms with E-state index in [2.05, 4.69) is 56.2 Å². The van der Waals surface area contributed by atoms with Gasteiger partial charge in [-0.2, -0.15) is 0 Å². The second-order valence-corrected chi connectivity index (χ2v) is 6.51. The lowest BCUT2D eigenvalue weighted by molar-refractivity contribution is 0.440. The molecule has 4 heteroatoms. The minimum Gasteiger partial charge on any atom is -0.508 e. The quantitative estimate of drug-likeness (QED) is 0.729. The summed E-state index contributed by atoms with van der Waals surface area (Å²) in [6.07, 6.45) is 0.915. The topological polar surface area (TPSA) is 32.3 Å². The van der Waals surface area contributed by atoms with Gasteiger partial charge in [-0.3, -0.25) is 0 Å². The summed E-state index contributed by atoms with van der Waals surface area (Å²) in [6.45, 7) is 2.88. The maximum Gasteiger partial charge on any atom is 0.120 e. The first-order valence-electron chi connectivity index (χ1n) is 6.56. The standard InChI is InChI=1S/C16H17Br2NO/c1-2-15(14-9-13(18)6-7-16(14)20)19-10-11-4-3-5-12(17)8-11/h3-9,15,19-20H,2,10H2,1H3. The molecule has 0 spiro atoms. The molecule has 0 bridgehead atoms. The molecule has 0 fully saturated rings. The molecule has 0 aliphatic carbocycles. The van der Waals surface area contributed by atoms with Gasteiger partial charge < -0.3 is 10.4 Å². The van der Waals surface area contributed by atoms with Crippen molar-refractivity contribution >= 4 is 31.9 Å². The van der Waals surface area contributed by atoms with Gasteiger partial charge in [-0.05, 0) is 42.3 Å². The third-order valence-corrected chi connectivity index (χ3v) is 4.20. The normalized spacial score (nSPS) is 12.3. The summed E-state index contributed by atoms with van der Waals surface area (Å²) in [5.74, 6) is 0.335. The predicted octanol–water partition coefficient (Wildman–Crippen LogP) is 5.16. The van der Waals surface area contributed by atoms with Crippen molar-refractivity contribution < 1.29 is 5.11 Å². The number of benzene rings is 2. The summed E-state index contributed by atoms with van der Waals surface area (Å²) in [7, 11) is 0. The first-order chi connectivity index (χ1) is 9.60. The molecule has 0 aliphatic heterocycles. The van der Waals surface area contributed by atoms with Gasteiger partial charge in [0.1, 0.15) is 5.75 Å². The van der Waals surface area contributed by atoms with Crippen molar-refractivity contribution in [1.82, 2.24) is 5.32 Å². The van der Waals surface area contributed by atoms with Crippen LogP contribution in [-0.4, -0.2) is 5.11 Å². The highest BCUT2D eigenvalue weighted by Gasteiger charge is 2.13. The number of phenolic OH excluding ortho intramolecular Hbond substituents is 1. The van der Waals surface area contributed by atoms with Crippen LogP contribution in [-0.2, 0) is 6.54 Å². The minimum atomic E-state index is 0.131. The number of hydrogen-bond donors (Lipinski definition) is 2. The lowest BCUT2D eigenvalue weighted by Crippen LogP contribution is -2.20. The van der Waals surface area contributed by atoms with Gasteiger partial charge in [0.15, 0.2) is 0 Å². The van der Waals surface area contributed by atoms with Crippen LogP contribution in [0.2, 0.25) is 0 Å². The van der Waals surface area contributed by atoms with Crippen LogP contribution >= 0.6 is 31.9 Å². The highest BCUT2D eigenvalue weighted by atomic mass is 79.9. The predicted molar refractivity (Wildman–Crippen MR) is 89.8 cm³/mol. The Morgan fingerprint density at radius 3 is 2.55 bits per heavy atom. The minimum absolute atomic E-state index is 0.131. The van der Waals surface area contributed by atoms with E-state index in [-0.39, 0.29) is 6.04 Å². The number of rotatable bonds is 5. The van der Waals surface area contributed by atoms with E-state index >= 15 is 0 Å². The Balaban J connectivity index is 2.11. The zero-order chi connectivity index (χ0) is 14.5. The van der Waals surface area contributed by atoms with Crippen LogP contribution < -0.4 is 5.32 Å². The molecular weight excluding hydrogens is 382 g/mol. The average molecular weight is 399 g/mol.